The SMILES string of the molecule is O=C1OC(c2ccc(Br)cc2)=N/C1=C\c1cccc(Br)c1. The number of rotatable bonds is 2. The van der Waals surface area contributed by atoms with Crippen LogP contribution in [0.1, 0.15) is 11.1 Å². The zero-order valence-corrected chi connectivity index (χ0v) is 13.9. The molecule has 0 fully saturated rings. The molecule has 0 amide bonds. The second-order valence-corrected chi connectivity index (χ2v) is 6.23. The van der Waals surface area contributed by atoms with Crippen LogP contribution in [0.3, 0.4) is 0 Å². The van der Waals surface area contributed by atoms with Crippen molar-refractivity contribution >= 4 is 49.8 Å². The van der Waals surface area contributed by atoms with Crippen LogP contribution in [0.2, 0.25) is 0 Å². The van der Waals surface area contributed by atoms with Gasteiger partial charge in [-0.15, -0.1) is 0 Å². The second kappa shape index (κ2) is 5.95. The van der Waals surface area contributed by atoms with E-state index >= 15 is 0 Å². The van der Waals surface area contributed by atoms with Gasteiger partial charge in [0.05, 0.1) is 0 Å². The van der Waals surface area contributed by atoms with Crippen molar-refractivity contribution in [3.63, 3.8) is 0 Å². The van der Waals surface area contributed by atoms with E-state index in [-0.39, 0.29) is 0 Å². The fourth-order valence-electron chi connectivity index (χ4n) is 1.88. The van der Waals surface area contributed by atoms with Crippen molar-refractivity contribution in [2.24, 2.45) is 4.99 Å². The minimum atomic E-state index is -0.437. The van der Waals surface area contributed by atoms with E-state index in [1.807, 2.05) is 48.5 Å². The Morgan fingerprint density at radius 1 is 1.00 bits per heavy atom. The number of hydrogen-bond acceptors (Lipinski definition) is 3. The van der Waals surface area contributed by atoms with Gasteiger partial charge in [-0.2, -0.15) is 0 Å². The molecule has 3 rings (SSSR count). The Morgan fingerprint density at radius 2 is 1.76 bits per heavy atom. The third kappa shape index (κ3) is 3.31. The minimum absolute atomic E-state index is 0.297. The Labute approximate surface area is 138 Å². The summed E-state index contributed by atoms with van der Waals surface area (Å²) in [5, 5.41) is 0. The molecular weight excluding hydrogens is 398 g/mol. The fraction of sp³-hybridized carbons (Fsp3) is 0. The molecule has 0 N–H and O–H groups in total. The Hall–Kier alpha value is -1.72. The van der Waals surface area contributed by atoms with E-state index in [0.29, 0.717) is 11.6 Å². The number of benzene rings is 2. The topological polar surface area (TPSA) is 38.7 Å². The first kappa shape index (κ1) is 14.2. The van der Waals surface area contributed by atoms with Crippen LogP contribution < -0.4 is 0 Å². The van der Waals surface area contributed by atoms with Crippen LogP contribution in [0.4, 0.5) is 0 Å². The summed E-state index contributed by atoms with van der Waals surface area (Å²) in [6.45, 7) is 0. The van der Waals surface area contributed by atoms with Gasteiger partial charge in [0.2, 0.25) is 5.90 Å². The van der Waals surface area contributed by atoms with Gasteiger partial charge in [0.1, 0.15) is 0 Å². The lowest BCUT2D eigenvalue weighted by Gasteiger charge is -1.98. The molecule has 1 heterocycles. The maximum Gasteiger partial charge on any atom is 0.363 e. The van der Waals surface area contributed by atoms with Gasteiger partial charge >= 0.3 is 5.97 Å². The third-order valence-electron chi connectivity index (χ3n) is 2.86. The van der Waals surface area contributed by atoms with Crippen LogP contribution in [0.15, 0.2) is 68.2 Å². The van der Waals surface area contributed by atoms with E-state index in [2.05, 4.69) is 36.9 Å². The van der Waals surface area contributed by atoms with Gasteiger partial charge in [-0.3, -0.25) is 0 Å². The number of aliphatic imine (C=N–C) groups is 1. The minimum Gasteiger partial charge on any atom is -0.402 e. The molecule has 21 heavy (non-hydrogen) atoms. The Morgan fingerprint density at radius 3 is 2.48 bits per heavy atom. The third-order valence-corrected chi connectivity index (χ3v) is 3.89. The number of ether oxygens (including phenoxy) is 1. The first-order chi connectivity index (χ1) is 10.1. The van der Waals surface area contributed by atoms with Gasteiger partial charge in [-0.25, -0.2) is 9.79 Å². The zero-order valence-electron chi connectivity index (χ0n) is 10.7. The summed E-state index contributed by atoms with van der Waals surface area (Å²) >= 11 is 6.76. The Bertz CT molecular complexity index is 764. The molecule has 0 saturated heterocycles. The van der Waals surface area contributed by atoms with Crippen molar-refractivity contribution in [3.8, 4) is 0 Å². The van der Waals surface area contributed by atoms with E-state index in [1.165, 1.54) is 0 Å². The number of carbonyl (C=O) groups is 1. The Balaban J connectivity index is 1.93. The summed E-state index contributed by atoms with van der Waals surface area (Å²) in [4.78, 5) is 16.2. The molecule has 3 nitrogen and oxygen atoms in total. The van der Waals surface area contributed by atoms with E-state index in [0.717, 1.165) is 20.1 Å². The number of cyclic esters (lactones) is 1. The highest BCUT2D eigenvalue weighted by Gasteiger charge is 2.23. The molecule has 0 unspecified atom stereocenters. The highest BCUT2D eigenvalue weighted by Crippen LogP contribution is 2.21. The highest BCUT2D eigenvalue weighted by atomic mass is 79.9. The average Bonchev–Trinajstić information content (AvgIpc) is 2.81. The summed E-state index contributed by atoms with van der Waals surface area (Å²) in [6, 6.07) is 15.1. The van der Waals surface area contributed by atoms with Crippen LogP contribution in [0.5, 0.6) is 0 Å². The molecule has 0 aromatic heterocycles. The van der Waals surface area contributed by atoms with Crippen LogP contribution in [-0.4, -0.2) is 11.9 Å². The molecule has 0 radical (unpaired) electrons. The maximum absolute atomic E-state index is 11.9. The van der Waals surface area contributed by atoms with Gasteiger partial charge < -0.3 is 4.74 Å². The molecule has 0 aliphatic carbocycles. The van der Waals surface area contributed by atoms with Crippen molar-refractivity contribution in [2.75, 3.05) is 0 Å². The number of halogens is 2. The molecule has 0 bridgehead atoms. The van der Waals surface area contributed by atoms with Crippen LogP contribution >= 0.6 is 31.9 Å². The van der Waals surface area contributed by atoms with Gasteiger partial charge in [0.15, 0.2) is 5.70 Å². The zero-order chi connectivity index (χ0) is 14.8. The molecule has 0 spiro atoms. The van der Waals surface area contributed by atoms with Crippen LogP contribution in [0.25, 0.3) is 6.08 Å². The fourth-order valence-corrected chi connectivity index (χ4v) is 2.56. The number of esters is 1. The van der Waals surface area contributed by atoms with Gasteiger partial charge in [-0.05, 0) is 48.0 Å². The normalized spacial score (nSPS) is 16.0. The molecule has 5 heteroatoms. The van der Waals surface area contributed by atoms with Gasteiger partial charge in [0, 0.05) is 14.5 Å². The van der Waals surface area contributed by atoms with E-state index in [9.17, 15) is 4.79 Å². The average molecular weight is 407 g/mol. The molecule has 1 aliphatic rings. The first-order valence-corrected chi connectivity index (χ1v) is 7.74. The molecule has 2 aromatic carbocycles. The van der Waals surface area contributed by atoms with Crippen molar-refractivity contribution in [2.45, 2.75) is 0 Å². The molecule has 2 aromatic rings. The van der Waals surface area contributed by atoms with Crippen LogP contribution in [-0.2, 0) is 9.53 Å². The van der Waals surface area contributed by atoms with Gasteiger partial charge in [-0.1, -0.05) is 44.0 Å². The standard InChI is InChI=1S/C16H9Br2NO2/c17-12-6-4-11(5-7-12)15-19-14(16(20)21-15)9-10-2-1-3-13(18)8-10/h1-9H/b14-9-. The largest absolute Gasteiger partial charge is 0.402 e. The maximum atomic E-state index is 11.9. The summed E-state index contributed by atoms with van der Waals surface area (Å²) < 4.78 is 7.12. The number of hydrogen-bond donors (Lipinski definition) is 0. The summed E-state index contributed by atoms with van der Waals surface area (Å²) in [5.74, 6) is -0.110. The summed E-state index contributed by atoms with van der Waals surface area (Å²) in [5.41, 5.74) is 1.95. The van der Waals surface area contributed by atoms with E-state index in [4.69, 9.17) is 4.74 Å². The molecule has 1 aliphatic heterocycles. The lowest BCUT2D eigenvalue weighted by Crippen LogP contribution is -2.05. The lowest BCUT2D eigenvalue weighted by molar-refractivity contribution is -0.129. The van der Waals surface area contributed by atoms with Crippen LogP contribution in [0, 0.1) is 0 Å². The van der Waals surface area contributed by atoms with Crippen molar-refractivity contribution in [1.29, 1.82) is 0 Å². The van der Waals surface area contributed by atoms with E-state index in [1.54, 1.807) is 6.08 Å². The number of nitrogens with zero attached hydrogens (tertiary/aromatic N) is 1. The second-order valence-electron chi connectivity index (χ2n) is 4.40. The summed E-state index contributed by atoms with van der Waals surface area (Å²) in [7, 11) is 0. The van der Waals surface area contributed by atoms with Crippen molar-refractivity contribution in [1.82, 2.24) is 0 Å². The predicted octanol–water partition coefficient (Wildman–Crippen LogP) is 4.56. The molecular formula is C16H9Br2NO2. The van der Waals surface area contributed by atoms with E-state index < -0.39 is 5.97 Å². The first-order valence-electron chi connectivity index (χ1n) is 6.16. The highest BCUT2D eigenvalue weighted by molar-refractivity contribution is 9.10. The van der Waals surface area contributed by atoms with Crippen molar-refractivity contribution < 1.29 is 9.53 Å². The molecule has 104 valence electrons. The lowest BCUT2D eigenvalue weighted by atomic mass is 10.2. The Kier molecular flexibility index (Phi) is 4.03. The number of carbonyl (C=O) groups excluding carboxylic acids is 1. The summed E-state index contributed by atoms with van der Waals surface area (Å²) in [6.07, 6.45) is 1.71. The molecule has 0 saturated carbocycles. The molecule has 0 atom stereocenters. The van der Waals surface area contributed by atoms with Gasteiger partial charge in [0.25, 0.3) is 0 Å². The quantitative estimate of drug-likeness (QED) is 0.541. The predicted molar refractivity (Wildman–Crippen MR) is 88.9 cm³/mol. The monoisotopic (exact) mass is 405 g/mol. The van der Waals surface area contributed by atoms with Crippen molar-refractivity contribution in [3.05, 3.63) is 74.3 Å². The smallest absolute Gasteiger partial charge is 0.363 e.